The van der Waals surface area contributed by atoms with E-state index in [4.69, 9.17) is 22.1 Å². The standard InChI is InChI=1S/C15H16ClFN2O/c1-20-11-4-2-10(3-5-11)6-7-19-15-8-12(16)13(17)9-14(15)18/h2-5,8-9,19H,6-7,18H2,1H3. The summed E-state index contributed by atoms with van der Waals surface area (Å²) in [5.74, 6) is 0.321. The van der Waals surface area contributed by atoms with Crippen LogP contribution in [0.25, 0.3) is 0 Å². The van der Waals surface area contributed by atoms with Crippen molar-refractivity contribution < 1.29 is 9.13 Å². The number of nitrogens with one attached hydrogen (secondary N) is 1. The Morgan fingerprint density at radius 2 is 1.95 bits per heavy atom. The van der Waals surface area contributed by atoms with Crippen LogP contribution in [0.15, 0.2) is 36.4 Å². The van der Waals surface area contributed by atoms with Gasteiger partial charge in [-0.05, 0) is 30.2 Å². The molecule has 0 aromatic heterocycles. The van der Waals surface area contributed by atoms with E-state index in [1.54, 1.807) is 7.11 Å². The molecule has 3 nitrogen and oxygen atoms in total. The molecule has 0 aliphatic carbocycles. The highest BCUT2D eigenvalue weighted by Gasteiger charge is 2.05. The molecule has 106 valence electrons. The lowest BCUT2D eigenvalue weighted by Crippen LogP contribution is -2.07. The predicted molar refractivity (Wildman–Crippen MR) is 81.0 cm³/mol. The molecule has 0 radical (unpaired) electrons. The van der Waals surface area contributed by atoms with Gasteiger partial charge in [-0.2, -0.15) is 0 Å². The van der Waals surface area contributed by atoms with Crippen LogP contribution >= 0.6 is 11.6 Å². The fourth-order valence-electron chi connectivity index (χ4n) is 1.85. The molecule has 3 N–H and O–H groups in total. The number of anilines is 2. The first-order valence-corrected chi connectivity index (χ1v) is 6.59. The van der Waals surface area contributed by atoms with Crippen molar-refractivity contribution in [2.75, 3.05) is 24.7 Å². The summed E-state index contributed by atoms with van der Waals surface area (Å²) in [6.45, 7) is 0.679. The summed E-state index contributed by atoms with van der Waals surface area (Å²) in [5.41, 5.74) is 7.89. The van der Waals surface area contributed by atoms with Crippen LogP contribution < -0.4 is 15.8 Å². The van der Waals surface area contributed by atoms with Gasteiger partial charge in [0.2, 0.25) is 0 Å². The molecule has 2 rings (SSSR count). The number of methoxy groups -OCH3 is 1. The van der Waals surface area contributed by atoms with Crippen LogP contribution in [0.2, 0.25) is 5.02 Å². The summed E-state index contributed by atoms with van der Waals surface area (Å²) in [7, 11) is 1.64. The zero-order valence-corrected chi connectivity index (χ0v) is 11.9. The number of hydrogen-bond donors (Lipinski definition) is 2. The number of rotatable bonds is 5. The van der Waals surface area contributed by atoms with Gasteiger partial charge in [0.25, 0.3) is 0 Å². The molecule has 0 aliphatic rings. The summed E-state index contributed by atoms with van der Waals surface area (Å²) < 4.78 is 18.3. The summed E-state index contributed by atoms with van der Waals surface area (Å²) in [6, 6.07) is 10.6. The maximum Gasteiger partial charge on any atom is 0.143 e. The molecule has 2 aromatic rings. The predicted octanol–water partition coefficient (Wildman–Crippen LogP) is 3.72. The molecule has 0 amide bonds. The Balaban J connectivity index is 1.94. The first-order valence-electron chi connectivity index (χ1n) is 6.21. The number of nitrogens with two attached hydrogens (primary N) is 1. The maximum absolute atomic E-state index is 13.2. The second-order valence-electron chi connectivity index (χ2n) is 4.38. The first kappa shape index (κ1) is 14.5. The van der Waals surface area contributed by atoms with Crippen molar-refractivity contribution in [3.63, 3.8) is 0 Å². The summed E-state index contributed by atoms with van der Waals surface area (Å²) >= 11 is 5.73. The van der Waals surface area contributed by atoms with Gasteiger partial charge in [-0.15, -0.1) is 0 Å². The van der Waals surface area contributed by atoms with Crippen LogP contribution in [-0.4, -0.2) is 13.7 Å². The summed E-state index contributed by atoms with van der Waals surface area (Å²) in [4.78, 5) is 0. The third kappa shape index (κ3) is 3.54. The highest BCUT2D eigenvalue weighted by molar-refractivity contribution is 6.31. The first-order chi connectivity index (χ1) is 9.60. The van der Waals surface area contributed by atoms with Gasteiger partial charge >= 0.3 is 0 Å². The van der Waals surface area contributed by atoms with Gasteiger partial charge in [-0.1, -0.05) is 23.7 Å². The van der Waals surface area contributed by atoms with Gasteiger partial charge in [0, 0.05) is 12.6 Å². The lowest BCUT2D eigenvalue weighted by molar-refractivity contribution is 0.414. The van der Waals surface area contributed by atoms with E-state index in [1.165, 1.54) is 17.7 Å². The van der Waals surface area contributed by atoms with Crippen molar-refractivity contribution in [3.8, 4) is 5.75 Å². The van der Waals surface area contributed by atoms with Crippen molar-refractivity contribution in [3.05, 3.63) is 52.8 Å². The van der Waals surface area contributed by atoms with Crippen LogP contribution in [0.3, 0.4) is 0 Å². The molecule has 0 saturated carbocycles. The van der Waals surface area contributed by atoms with Gasteiger partial charge in [-0.3, -0.25) is 0 Å². The third-order valence-corrected chi connectivity index (χ3v) is 3.27. The Morgan fingerprint density at radius 1 is 1.25 bits per heavy atom. The molecular weight excluding hydrogens is 279 g/mol. The van der Waals surface area contributed by atoms with E-state index in [0.29, 0.717) is 17.9 Å². The van der Waals surface area contributed by atoms with Gasteiger partial charge < -0.3 is 15.8 Å². The zero-order valence-electron chi connectivity index (χ0n) is 11.1. The average Bonchev–Trinajstić information content (AvgIpc) is 2.45. The lowest BCUT2D eigenvalue weighted by atomic mass is 10.1. The molecule has 0 spiro atoms. The second kappa shape index (κ2) is 6.48. The van der Waals surface area contributed by atoms with Gasteiger partial charge in [0.15, 0.2) is 0 Å². The molecule has 0 bridgehead atoms. The second-order valence-corrected chi connectivity index (χ2v) is 4.79. The molecule has 0 unspecified atom stereocenters. The molecule has 0 fully saturated rings. The van der Waals surface area contributed by atoms with E-state index >= 15 is 0 Å². The van der Waals surface area contributed by atoms with E-state index in [9.17, 15) is 4.39 Å². The Kier molecular flexibility index (Phi) is 4.69. The van der Waals surface area contributed by atoms with E-state index in [2.05, 4.69) is 5.32 Å². The minimum atomic E-state index is -0.509. The Bertz CT molecular complexity index is 587. The highest BCUT2D eigenvalue weighted by atomic mass is 35.5. The van der Waals surface area contributed by atoms with Crippen LogP contribution in [0.1, 0.15) is 5.56 Å². The van der Waals surface area contributed by atoms with Gasteiger partial charge in [0.05, 0.1) is 23.5 Å². The molecule has 0 heterocycles. The number of halogens is 2. The normalized spacial score (nSPS) is 10.3. The fraction of sp³-hybridized carbons (Fsp3) is 0.200. The van der Waals surface area contributed by atoms with Crippen molar-refractivity contribution in [2.24, 2.45) is 0 Å². The van der Waals surface area contributed by atoms with Crippen LogP contribution in [-0.2, 0) is 6.42 Å². The number of ether oxygens (including phenoxy) is 1. The third-order valence-electron chi connectivity index (χ3n) is 2.98. The quantitative estimate of drug-likeness (QED) is 0.826. The van der Waals surface area contributed by atoms with Crippen LogP contribution in [0, 0.1) is 5.82 Å². The molecule has 0 aliphatic heterocycles. The Labute approximate surface area is 122 Å². The number of benzene rings is 2. The maximum atomic E-state index is 13.2. The fourth-order valence-corrected chi connectivity index (χ4v) is 2.01. The van der Waals surface area contributed by atoms with Crippen molar-refractivity contribution in [1.82, 2.24) is 0 Å². The van der Waals surface area contributed by atoms with E-state index in [-0.39, 0.29) is 5.02 Å². The molecule has 0 saturated heterocycles. The topological polar surface area (TPSA) is 47.3 Å². The molecule has 0 atom stereocenters. The summed E-state index contributed by atoms with van der Waals surface area (Å²) in [5, 5.41) is 3.21. The monoisotopic (exact) mass is 294 g/mol. The van der Waals surface area contributed by atoms with Crippen LogP contribution in [0.4, 0.5) is 15.8 Å². The van der Waals surface area contributed by atoms with Gasteiger partial charge in [-0.25, -0.2) is 4.39 Å². The zero-order chi connectivity index (χ0) is 14.5. The Morgan fingerprint density at radius 3 is 2.60 bits per heavy atom. The number of hydrogen-bond acceptors (Lipinski definition) is 3. The SMILES string of the molecule is COc1ccc(CCNc2cc(Cl)c(F)cc2N)cc1. The van der Waals surface area contributed by atoms with Crippen molar-refractivity contribution >= 4 is 23.0 Å². The Hall–Kier alpha value is -1.94. The van der Waals surface area contributed by atoms with Gasteiger partial charge in [0.1, 0.15) is 11.6 Å². The average molecular weight is 295 g/mol. The number of nitrogen functional groups attached to an aromatic ring is 1. The van der Waals surface area contributed by atoms with E-state index < -0.39 is 5.82 Å². The molecule has 5 heteroatoms. The highest BCUT2D eigenvalue weighted by Crippen LogP contribution is 2.26. The minimum Gasteiger partial charge on any atom is -0.497 e. The van der Waals surface area contributed by atoms with Crippen molar-refractivity contribution in [2.45, 2.75) is 6.42 Å². The smallest absolute Gasteiger partial charge is 0.143 e. The van der Waals surface area contributed by atoms with E-state index in [1.807, 2.05) is 24.3 Å². The molecule has 20 heavy (non-hydrogen) atoms. The van der Waals surface area contributed by atoms with E-state index in [0.717, 1.165) is 12.2 Å². The minimum absolute atomic E-state index is 0.0612. The summed E-state index contributed by atoms with van der Waals surface area (Å²) in [6.07, 6.45) is 0.818. The molecular formula is C15H16ClFN2O. The largest absolute Gasteiger partial charge is 0.497 e. The van der Waals surface area contributed by atoms with Crippen molar-refractivity contribution in [1.29, 1.82) is 0 Å². The van der Waals surface area contributed by atoms with Crippen LogP contribution in [0.5, 0.6) is 5.75 Å². The molecule has 2 aromatic carbocycles. The lowest BCUT2D eigenvalue weighted by Gasteiger charge is -2.10.